The van der Waals surface area contributed by atoms with E-state index >= 15 is 0 Å². The molecule has 6 nitrogen and oxygen atoms in total. The van der Waals surface area contributed by atoms with Gasteiger partial charge in [-0.25, -0.2) is 14.4 Å². The van der Waals surface area contributed by atoms with Gasteiger partial charge < -0.3 is 9.64 Å². The van der Waals surface area contributed by atoms with Gasteiger partial charge in [-0.3, -0.25) is 9.78 Å². The molecule has 0 aliphatic carbocycles. The molecule has 3 rings (SSSR count). The van der Waals surface area contributed by atoms with E-state index in [-0.39, 0.29) is 17.4 Å². The third kappa shape index (κ3) is 3.82. The van der Waals surface area contributed by atoms with Gasteiger partial charge in [0.1, 0.15) is 5.82 Å². The number of methoxy groups -OCH3 is 1. The Morgan fingerprint density at radius 1 is 1.44 bits per heavy atom. The largest absolute Gasteiger partial charge is 0.380 e. The number of rotatable bonds is 4. The first kappa shape index (κ1) is 17.4. The van der Waals surface area contributed by atoms with Crippen molar-refractivity contribution in [1.29, 1.82) is 0 Å². The van der Waals surface area contributed by atoms with Gasteiger partial charge in [0.2, 0.25) is 0 Å². The van der Waals surface area contributed by atoms with E-state index in [1.54, 1.807) is 18.2 Å². The molecule has 1 fully saturated rings. The van der Waals surface area contributed by atoms with Crippen LogP contribution in [-0.4, -0.2) is 46.0 Å². The van der Waals surface area contributed by atoms with E-state index in [9.17, 15) is 9.18 Å². The number of pyridine rings is 1. The highest BCUT2D eigenvalue weighted by atomic mass is 19.1. The average molecular weight is 344 g/mol. The van der Waals surface area contributed by atoms with Crippen LogP contribution in [0.25, 0.3) is 0 Å². The third-order valence-electron chi connectivity index (χ3n) is 4.42. The molecule has 2 aromatic rings. The summed E-state index contributed by atoms with van der Waals surface area (Å²) in [6, 6.07) is 1.42. The van der Waals surface area contributed by atoms with Crippen LogP contribution >= 0.6 is 0 Å². The number of aromatic nitrogens is 3. The van der Waals surface area contributed by atoms with Gasteiger partial charge in [0.25, 0.3) is 5.91 Å². The number of carbonyl (C=O) groups is 1. The molecule has 1 saturated heterocycles. The number of carbonyl (C=O) groups excluding carboxylic acids is 1. The predicted molar refractivity (Wildman–Crippen MR) is 89.6 cm³/mol. The molecule has 0 N–H and O–H groups in total. The molecule has 0 spiro atoms. The lowest BCUT2D eigenvalue weighted by molar-refractivity contribution is 0.0699. The highest BCUT2D eigenvalue weighted by Gasteiger charge is 2.29. The number of aryl methyl sites for hydroxylation is 1. The Morgan fingerprint density at radius 3 is 3.04 bits per heavy atom. The minimum absolute atomic E-state index is 0.0617. The van der Waals surface area contributed by atoms with Crippen molar-refractivity contribution in [2.75, 3.05) is 20.2 Å². The maximum Gasteiger partial charge on any atom is 0.256 e. The monoisotopic (exact) mass is 344 g/mol. The SMILES string of the molecule is COCc1cnc(C)nc1C1CCCN(C(=O)c2ccncc2F)C1. The number of ether oxygens (including phenoxy) is 1. The zero-order chi connectivity index (χ0) is 17.8. The first-order chi connectivity index (χ1) is 12.1. The Morgan fingerprint density at radius 2 is 2.28 bits per heavy atom. The van der Waals surface area contributed by atoms with Crippen LogP contribution < -0.4 is 0 Å². The van der Waals surface area contributed by atoms with Crippen LogP contribution in [0.2, 0.25) is 0 Å². The summed E-state index contributed by atoms with van der Waals surface area (Å²) >= 11 is 0. The van der Waals surface area contributed by atoms with Crippen molar-refractivity contribution in [1.82, 2.24) is 19.9 Å². The number of hydrogen-bond donors (Lipinski definition) is 0. The molecule has 0 saturated carbocycles. The molecule has 0 aromatic carbocycles. The lowest BCUT2D eigenvalue weighted by Gasteiger charge is -2.33. The van der Waals surface area contributed by atoms with Crippen molar-refractivity contribution in [2.45, 2.75) is 32.3 Å². The first-order valence-corrected chi connectivity index (χ1v) is 8.30. The summed E-state index contributed by atoms with van der Waals surface area (Å²) in [6.45, 7) is 3.39. The Bertz CT molecular complexity index is 768. The molecule has 0 radical (unpaired) electrons. The van der Waals surface area contributed by atoms with Gasteiger partial charge in [0, 0.05) is 44.1 Å². The van der Waals surface area contributed by atoms with E-state index in [0.29, 0.717) is 25.5 Å². The molecule has 1 aliphatic rings. The van der Waals surface area contributed by atoms with Crippen LogP contribution in [0.15, 0.2) is 24.7 Å². The molecular formula is C18H21FN4O2. The van der Waals surface area contributed by atoms with Crippen molar-refractivity contribution in [3.8, 4) is 0 Å². The van der Waals surface area contributed by atoms with Crippen molar-refractivity contribution >= 4 is 5.91 Å². The molecule has 1 amide bonds. The minimum Gasteiger partial charge on any atom is -0.380 e. The summed E-state index contributed by atoms with van der Waals surface area (Å²) in [5.74, 6) is -0.107. The van der Waals surface area contributed by atoms with Gasteiger partial charge in [0.15, 0.2) is 5.82 Å². The Balaban J connectivity index is 1.83. The van der Waals surface area contributed by atoms with Crippen LogP contribution in [0.1, 0.15) is 46.2 Å². The van der Waals surface area contributed by atoms with E-state index in [1.165, 1.54) is 12.3 Å². The predicted octanol–water partition coefficient (Wildman–Crippen LogP) is 2.49. The summed E-state index contributed by atoms with van der Waals surface area (Å²) < 4.78 is 19.1. The second kappa shape index (κ2) is 7.65. The van der Waals surface area contributed by atoms with Gasteiger partial charge in [-0.15, -0.1) is 0 Å². The summed E-state index contributed by atoms with van der Waals surface area (Å²) in [7, 11) is 1.63. The fourth-order valence-corrected chi connectivity index (χ4v) is 3.24. The lowest BCUT2D eigenvalue weighted by Crippen LogP contribution is -2.40. The molecule has 132 valence electrons. The van der Waals surface area contributed by atoms with Crippen LogP contribution in [0.5, 0.6) is 0 Å². The normalized spacial score (nSPS) is 17.6. The van der Waals surface area contributed by atoms with Crippen molar-refractivity contribution < 1.29 is 13.9 Å². The van der Waals surface area contributed by atoms with Crippen molar-refractivity contribution in [3.05, 3.63) is 53.1 Å². The second-order valence-electron chi connectivity index (χ2n) is 6.21. The number of hydrogen-bond acceptors (Lipinski definition) is 5. The fourth-order valence-electron chi connectivity index (χ4n) is 3.24. The van der Waals surface area contributed by atoms with E-state index in [0.717, 1.165) is 30.3 Å². The molecular weight excluding hydrogens is 323 g/mol. The third-order valence-corrected chi connectivity index (χ3v) is 4.42. The molecule has 0 bridgehead atoms. The van der Waals surface area contributed by atoms with Crippen molar-refractivity contribution in [3.63, 3.8) is 0 Å². The van der Waals surface area contributed by atoms with Gasteiger partial charge in [-0.2, -0.15) is 0 Å². The summed E-state index contributed by atoms with van der Waals surface area (Å²) in [6.07, 6.45) is 6.06. The van der Waals surface area contributed by atoms with Crippen LogP contribution in [-0.2, 0) is 11.3 Å². The highest BCUT2D eigenvalue weighted by molar-refractivity contribution is 5.94. The Hall–Kier alpha value is -2.41. The first-order valence-electron chi connectivity index (χ1n) is 8.30. The summed E-state index contributed by atoms with van der Waals surface area (Å²) in [5.41, 5.74) is 1.91. The zero-order valence-electron chi connectivity index (χ0n) is 14.4. The van der Waals surface area contributed by atoms with Crippen LogP contribution in [0, 0.1) is 12.7 Å². The fraction of sp³-hybridized carbons (Fsp3) is 0.444. The van der Waals surface area contributed by atoms with Crippen LogP contribution in [0.4, 0.5) is 4.39 Å². The maximum atomic E-state index is 13.9. The van der Waals surface area contributed by atoms with Gasteiger partial charge in [-0.05, 0) is 25.8 Å². The number of nitrogens with zero attached hydrogens (tertiary/aromatic N) is 4. The van der Waals surface area contributed by atoms with Crippen LogP contribution in [0.3, 0.4) is 0 Å². The molecule has 7 heteroatoms. The van der Waals surface area contributed by atoms with Gasteiger partial charge >= 0.3 is 0 Å². The summed E-state index contributed by atoms with van der Waals surface area (Å²) in [5, 5.41) is 0. The summed E-state index contributed by atoms with van der Waals surface area (Å²) in [4.78, 5) is 26.9. The molecule has 2 aromatic heterocycles. The average Bonchev–Trinajstić information content (AvgIpc) is 2.63. The van der Waals surface area contributed by atoms with E-state index < -0.39 is 5.82 Å². The number of piperidine rings is 1. The number of halogens is 1. The highest BCUT2D eigenvalue weighted by Crippen LogP contribution is 2.29. The standard InChI is InChI=1S/C18H21FN4O2/c1-12-21-8-14(11-25-2)17(22-12)13-4-3-7-23(10-13)18(24)15-5-6-20-9-16(15)19/h5-6,8-9,13H,3-4,7,10-11H2,1-2H3. The molecule has 3 heterocycles. The lowest BCUT2D eigenvalue weighted by atomic mass is 9.91. The van der Waals surface area contributed by atoms with E-state index in [4.69, 9.17) is 4.74 Å². The van der Waals surface area contributed by atoms with E-state index in [1.807, 2.05) is 6.92 Å². The number of likely N-dealkylation sites (tertiary alicyclic amines) is 1. The topological polar surface area (TPSA) is 68.2 Å². The Kier molecular flexibility index (Phi) is 5.33. The second-order valence-corrected chi connectivity index (χ2v) is 6.21. The minimum atomic E-state index is -0.590. The molecule has 1 aliphatic heterocycles. The maximum absolute atomic E-state index is 13.9. The van der Waals surface area contributed by atoms with Crippen molar-refractivity contribution in [2.24, 2.45) is 0 Å². The quantitative estimate of drug-likeness (QED) is 0.852. The Labute approximate surface area is 146 Å². The molecule has 1 unspecified atom stereocenters. The van der Waals surface area contributed by atoms with E-state index in [2.05, 4.69) is 15.0 Å². The van der Waals surface area contributed by atoms with Gasteiger partial charge in [0.05, 0.1) is 24.1 Å². The number of amides is 1. The zero-order valence-corrected chi connectivity index (χ0v) is 14.4. The van der Waals surface area contributed by atoms with Gasteiger partial charge in [-0.1, -0.05) is 0 Å². The molecule has 25 heavy (non-hydrogen) atoms. The molecule has 1 atom stereocenters. The smallest absolute Gasteiger partial charge is 0.256 e.